The van der Waals surface area contributed by atoms with Gasteiger partial charge in [0.05, 0.1) is 44.5 Å². The Bertz CT molecular complexity index is 912. The molecule has 0 aliphatic rings. The number of hydrogen-bond acceptors (Lipinski definition) is 8. The lowest BCUT2D eigenvalue weighted by Crippen LogP contribution is -2.19. The number of hydrogen-bond donors (Lipinski definition) is 2. The number of rotatable bonds is 8. The van der Waals surface area contributed by atoms with Crippen molar-refractivity contribution >= 4 is 17.8 Å². The summed E-state index contributed by atoms with van der Waals surface area (Å²) >= 11 is 0. The van der Waals surface area contributed by atoms with Gasteiger partial charge in [-0.3, -0.25) is 14.9 Å². The molecule has 0 fully saturated rings. The van der Waals surface area contributed by atoms with E-state index in [0.717, 1.165) is 6.21 Å². The monoisotopic (exact) mass is 389 g/mol. The molecule has 0 unspecified atom stereocenters. The van der Waals surface area contributed by atoms with Gasteiger partial charge in [-0.2, -0.15) is 5.10 Å². The molecule has 2 aromatic rings. The van der Waals surface area contributed by atoms with E-state index in [1.165, 1.54) is 33.5 Å². The number of carbonyl (C=O) groups is 1. The first-order chi connectivity index (χ1) is 13.4. The molecular formula is C18H19N3O7. The topological polar surface area (TPSA) is 133 Å². The third-order valence-corrected chi connectivity index (χ3v) is 3.73. The second-order valence-electron chi connectivity index (χ2n) is 5.47. The van der Waals surface area contributed by atoms with Gasteiger partial charge >= 0.3 is 5.69 Å². The predicted octanol–water partition coefficient (Wildman–Crippen LogP) is 2.02. The Balaban J connectivity index is 2.11. The molecule has 1 amide bonds. The maximum Gasteiger partial charge on any atom is 0.323 e. The van der Waals surface area contributed by atoms with Crippen LogP contribution in [0.5, 0.6) is 23.0 Å². The van der Waals surface area contributed by atoms with Crippen molar-refractivity contribution < 1.29 is 29.0 Å². The van der Waals surface area contributed by atoms with E-state index in [1.54, 1.807) is 18.2 Å². The lowest BCUT2D eigenvalue weighted by atomic mass is 10.1. The van der Waals surface area contributed by atoms with Crippen molar-refractivity contribution in [1.29, 1.82) is 0 Å². The van der Waals surface area contributed by atoms with Gasteiger partial charge in [0, 0.05) is 0 Å². The van der Waals surface area contributed by atoms with Crippen LogP contribution in [0.4, 0.5) is 5.69 Å². The molecule has 2 aromatic carbocycles. The number of phenols is 1. The molecule has 2 N–H and O–H groups in total. The molecule has 28 heavy (non-hydrogen) atoms. The first-order valence-electron chi connectivity index (χ1n) is 7.98. The number of nitro benzene ring substituents is 1. The van der Waals surface area contributed by atoms with Crippen LogP contribution in [-0.2, 0) is 11.2 Å². The largest absolute Gasteiger partial charge is 0.504 e. The summed E-state index contributed by atoms with van der Waals surface area (Å²) in [4.78, 5) is 22.6. The van der Waals surface area contributed by atoms with E-state index >= 15 is 0 Å². The molecule has 0 bridgehead atoms. The van der Waals surface area contributed by atoms with Gasteiger partial charge < -0.3 is 19.3 Å². The molecule has 0 aliphatic heterocycles. The zero-order valence-corrected chi connectivity index (χ0v) is 15.5. The molecular weight excluding hydrogens is 370 g/mol. The Morgan fingerprint density at radius 1 is 1.18 bits per heavy atom. The second-order valence-corrected chi connectivity index (χ2v) is 5.47. The summed E-state index contributed by atoms with van der Waals surface area (Å²) in [6.07, 6.45) is 1.12. The zero-order valence-electron chi connectivity index (χ0n) is 15.5. The van der Waals surface area contributed by atoms with Crippen LogP contribution in [-0.4, -0.2) is 43.5 Å². The van der Waals surface area contributed by atoms with E-state index in [4.69, 9.17) is 14.2 Å². The van der Waals surface area contributed by atoms with Crippen molar-refractivity contribution in [2.24, 2.45) is 5.10 Å². The van der Waals surface area contributed by atoms with E-state index in [0.29, 0.717) is 17.1 Å². The van der Waals surface area contributed by atoms with Crippen LogP contribution in [0.3, 0.4) is 0 Å². The number of nitro groups is 1. The fourth-order valence-corrected chi connectivity index (χ4v) is 2.46. The molecule has 0 aromatic heterocycles. The van der Waals surface area contributed by atoms with Gasteiger partial charge in [-0.05, 0) is 29.8 Å². The van der Waals surface area contributed by atoms with Gasteiger partial charge in [0.2, 0.25) is 11.7 Å². The first kappa shape index (κ1) is 20.5. The molecule has 148 valence electrons. The van der Waals surface area contributed by atoms with Crippen molar-refractivity contribution in [3.05, 3.63) is 51.6 Å². The van der Waals surface area contributed by atoms with E-state index in [2.05, 4.69) is 10.5 Å². The number of phenolic OH excluding ortho intramolecular Hbond substituents is 1. The average molecular weight is 389 g/mol. The number of aromatic hydroxyl groups is 1. The highest BCUT2D eigenvalue weighted by Crippen LogP contribution is 2.37. The molecule has 0 spiro atoms. The Kier molecular flexibility index (Phi) is 6.74. The molecule has 0 aliphatic carbocycles. The van der Waals surface area contributed by atoms with Crippen LogP contribution in [0.1, 0.15) is 11.1 Å². The van der Waals surface area contributed by atoms with E-state index in [9.17, 15) is 20.0 Å². The standard InChI is InChI=1S/C18H19N3O7/c1-26-14-7-4-11(8-15(14)27-2)9-16(23)20-19-10-12-5-6-13(22)18(28-3)17(12)21(24)25/h4-8,10,22H,9H2,1-3H3,(H,20,23). The van der Waals surface area contributed by atoms with Crippen molar-refractivity contribution in [3.63, 3.8) is 0 Å². The van der Waals surface area contributed by atoms with Crippen LogP contribution in [0, 0.1) is 10.1 Å². The Labute approximate surface area is 160 Å². The predicted molar refractivity (Wildman–Crippen MR) is 100 cm³/mol. The maximum atomic E-state index is 12.1. The Morgan fingerprint density at radius 3 is 2.50 bits per heavy atom. The van der Waals surface area contributed by atoms with Gasteiger partial charge in [0.25, 0.3) is 0 Å². The Morgan fingerprint density at radius 2 is 1.89 bits per heavy atom. The lowest BCUT2D eigenvalue weighted by molar-refractivity contribution is -0.386. The van der Waals surface area contributed by atoms with Crippen LogP contribution in [0.15, 0.2) is 35.4 Å². The summed E-state index contributed by atoms with van der Waals surface area (Å²) in [5.74, 6) is -0.0623. The number of nitrogens with one attached hydrogen (secondary N) is 1. The van der Waals surface area contributed by atoms with Gasteiger partial charge in [-0.15, -0.1) is 0 Å². The van der Waals surface area contributed by atoms with Crippen LogP contribution < -0.4 is 19.6 Å². The Hall–Kier alpha value is -3.82. The van der Waals surface area contributed by atoms with Crippen molar-refractivity contribution in [1.82, 2.24) is 5.43 Å². The first-order valence-corrected chi connectivity index (χ1v) is 7.98. The number of carbonyl (C=O) groups excluding carboxylic acids is 1. The summed E-state index contributed by atoms with van der Waals surface area (Å²) in [6, 6.07) is 7.58. The number of ether oxygens (including phenoxy) is 3. The highest BCUT2D eigenvalue weighted by molar-refractivity contribution is 5.89. The van der Waals surface area contributed by atoms with Crippen LogP contribution >= 0.6 is 0 Å². The van der Waals surface area contributed by atoms with Gasteiger partial charge in [-0.1, -0.05) is 6.07 Å². The highest BCUT2D eigenvalue weighted by Gasteiger charge is 2.23. The van der Waals surface area contributed by atoms with Crippen LogP contribution in [0.2, 0.25) is 0 Å². The number of benzene rings is 2. The fourth-order valence-electron chi connectivity index (χ4n) is 2.46. The molecule has 10 nitrogen and oxygen atoms in total. The fraction of sp³-hybridized carbons (Fsp3) is 0.222. The maximum absolute atomic E-state index is 12.1. The van der Waals surface area contributed by atoms with Crippen molar-refractivity contribution in [2.45, 2.75) is 6.42 Å². The summed E-state index contributed by atoms with van der Waals surface area (Å²) in [5, 5.41) is 24.6. The number of nitrogens with zero attached hydrogens (tertiary/aromatic N) is 2. The molecule has 2 rings (SSSR count). The molecule has 0 saturated carbocycles. The number of hydrazone groups is 1. The highest BCUT2D eigenvalue weighted by atomic mass is 16.6. The molecule has 0 radical (unpaired) electrons. The zero-order chi connectivity index (χ0) is 20.7. The number of amides is 1. The number of methoxy groups -OCH3 is 3. The van der Waals surface area contributed by atoms with Crippen LogP contribution in [0.25, 0.3) is 0 Å². The quantitative estimate of drug-likeness (QED) is 0.401. The summed E-state index contributed by atoms with van der Waals surface area (Å²) in [5.41, 5.74) is 2.57. The molecule has 10 heteroatoms. The summed E-state index contributed by atoms with van der Waals surface area (Å²) in [7, 11) is 4.20. The summed E-state index contributed by atoms with van der Waals surface area (Å²) < 4.78 is 15.2. The third-order valence-electron chi connectivity index (χ3n) is 3.73. The molecule has 0 atom stereocenters. The average Bonchev–Trinajstić information content (AvgIpc) is 2.68. The molecule has 0 saturated heterocycles. The smallest absolute Gasteiger partial charge is 0.323 e. The van der Waals surface area contributed by atoms with E-state index in [1.807, 2.05) is 0 Å². The van der Waals surface area contributed by atoms with Crippen molar-refractivity contribution in [3.8, 4) is 23.0 Å². The molecule has 0 heterocycles. The SMILES string of the molecule is COc1ccc(CC(=O)NN=Cc2ccc(O)c(OC)c2[N+](=O)[O-])cc1OC. The van der Waals surface area contributed by atoms with E-state index in [-0.39, 0.29) is 23.5 Å². The second kappa shape index (κ2) is 9.21. The minimum atomic E-state index is -0.703. The van der Waals surface area contributed by atoms with Crippen molar-refractivity contribution in [2.75, 3.05) is 21.3 Å². The van der Waals surface area contributed by atoms with Gasteiger partial charge in [0.15, 0.2) is 17.2 Å². The normalized spacial score (nSPS) is 10.5. The lowest BCUT2D eigenvalue weighted by Gasteiger charge is -2.09. The van der Waals surface area contributed by atoms with Gasteiger partial charge in [-0.25, -0.2) is 5.43 Å². The minimum absolute atomic E-state index is 0.0126. The van der Waals surface area contributed by atoms with E-state index < -0.39 is 16.5 Å². The third kappa shape index (κ3) is 4.67. The van der Waals surface area contributed by atoms with Gasteiger partial charge in [0.1, 0.15) is 0 Å². The summed E-state index contributed by atoms with van der Waals surface area (Å²) in [6.45, 7) is 0. The minimum Gasteiger partial charge on any atom is -0.504 e.